The molecule has 0 aliphatic carbocycles. The van der Waals surface area contributed by atoms with Gasteiger partial charge in [0, 0.05) is 30.4 Å². The number of piperidine rings is 1. The Morgan fingerprint density at radius 3 is 2.83 bits per heavy atom. The quantitative estimate of drug-likeness (QED) is 0.841. The van der Waals surface area contributed by atoms with Gasteiger partial charge in [-0.3, -0.25) is 0 Å². The van der Waals surface area contributed by atoms with Gasteiger partial charge in [0.25, 0.3) is 0 Å². The summed E-state index contributed by atoms with van der Waals surface area (Å²) in [7, 11) is 0. The van der Waals surface area contributed by atoms with Crippen LogP contribution in [0.4, 0.5) is 5.69 Å². The van der Waals surface area contributed by atoms with Gasteiger partial charge in [0.15, 0.2) is 0 Å². The number of hydrogen-bond donors (Lipinski definition) is 2. The zero-order valence-corrected chi connectivity index (χ0v) is 11.2. The Labute approximate surface area is 109 Å². The molecule has 2 aliphatic heterocycles. The van der Waals surface area contributed by atoms with Gasteiger partial charge in [-0.25, -0.2) is 0 Å². The molecule has 0 aromatic heterocycles. The second kappa shape index (κ2) is 4.47. The molecule has 3 unspecified atom stereocenters. The molecule has 0 saturated carbocycles. The van der Waals surface area contributed by atoms with Crippen LogP contribution in [0.1, 0.15) is 24.0 Å². The molecule has 3 atom stereocenters. The molecular formula is C15H22N2O. The van der Waals surface area contributed by atoms with Gasteiger partial charge in [0.2, 0.25) is 0 Å². The van der Waals surface area contributed by atoms with Crippen LogP contribution in [0.2, 0.25) is 0 Å². The van der Waals surface area contributed by atoms with Crippen molar-refractivity contribution in [3.05, 3.63) is 23.3 Å². The zero-order valence-electron chi connectivity index (χ0n) is 11.2. The Balaban J connectivity index is 1.78. The molecule has 3 nitrogen and oxygen atoms in total. The largest absolute Gasteiger partial charge is 0.507 e. The first kappa shape index (κ1) is 11.8. The van der Waals surface area contributed by atoms with E-state index in [0.717, 1.165) is 22.7 Å². The molecule has 2 bridgehead atoms. The highest BCUT2D eigenvalue weighted by molar-refractivity contribution is 5.59. The van der Waals surface area contributed by atoms with Crippen LogP contribution in [0.25, 0.3) is 0 Å². The summed E-state index contributed by atoms with van der Waals surface area (Å²) in [6.45, 7) is 7.66. The van der Waals surface area contributed by atoms with Crippen molar-refractivity contribution in [3.63, 3.8) is 0 Å². The Morgan fingerprint density at radius 1 is 1.22 bits per heavy atom. The molecule has 2 heterocycles. The maximum atomic E-state index is 10.00. The number of hydrogen-bond acceptors (Lipinski definition) is 3. The average molecular weight is 246 g/mol. The topological polar surface area (TPSA) is 35.5 Å². The number of aromatic hydroxyl groups is 1. The summed E-state index contributed by atoms with van der Waals surface area (Å²) < 4.78 is 0. The highest BCUT2D eigenvalue weighted by atomic mass is 16.3. The first-order valence-electron chi connectivity index (χ1n) is 6.93. The molecule has 2 aliphatic rings. The Morgan fingerprint density at radius 2 is 2.00 bits per heavy atom. The van der Waals surface area contributed by atoms with Gasteiger partial charge in [-0.05, 0) is 50.8 Å². The van der Waals surface area contributed by atoms with Gasteiger partial charge in [-0.1, -0.05) is 6.07 Å². The van der Waals surface area contributed by atoms with Crippen LogP contribution in [0.3, 0.4) is 0 Å². The summed E-state index contributed by atoms with van der Waals surface area (Å²) in [5.74, 6) is 1.21. The van der Waals surface area contributed by atoms with Gasteiger partial charge in [0.05, 0.1) is 0 Å². The first-order chi connectivity index (χ1) is 8.65. The van der Waals surface area contributed by atoms with E-state index in [1.807, 2.05) is 19.9 Å². The lowest BCUT2D eigenvalue weighted by Crippen LogP contribution is -2.39. The van der Waals surface area contributed by atoms with Crippen molar-refractivity contribution in [1.29, 1.82) is 0 Å². The molecule has 1 aromatic carbocycles. The lowest BCUT2D eigenvalue weighted by Gasteiger charge is -2.32. The van der Waals surface area contributed by atoms with E-state index in [0.29, 0.717) is 11.8 Å². The predicted molar refractivity (Wildman–Crippen MR) is 74.2 cm³/mol. The van der Waals surface area contributed by atoms with Gasteiger partial charge in [0.1, 0.15) is 5.75 Å². The third-order valence-electron chi connectivity index (χ3n) is 4.61. The van der Waals surface area contributed by atoms with E-state index in [9.17, 15) is 5.11 Å². The third-order valence-corrected chi connectivity index (χ3v) is 4.61. The van der Waals surface area contributed by atoms with Crippen molar-refractivity contribution >= 4 is 5.69 Å². The summed E-state index contributed by atoms with van der Waals surface area (Å²) in [4.78, 5) is 2.56. The van der Waals surface area contributed by atoms with Crippen molar-refractivity contribution in [2.45, 2.75) is 32.7 Å². The normalized spacial score (nSPS) is 30.4. The zero-order chi connectivity index (χ0) is 12.7. The molecule has 0 radical (unpaired) electrons. The summed E-state index contributed by atoms with van der Waals surface area (Å²) in [5, 5.41) is 13.7. The Hall–Kier alpha value is -1.22. The molecule has 3 rings (SSSR count). The maximum Gasteiger partial charge on any atom is 0.123 e. The smallest absolute Gasteiger partial charge is 0.123 e. The molecule has 98 valence electrons. The SMILES string of the molecule is Cc1ccc(NC2CCN3CCC2C3)c(C)c1O. The molecule has 2 saturated heterocycles. The van der Waals surface area contributed by atoms with Gasteiger partial charge in [-0.15, -0.1) is 0 Å². The molecule has 18 heavy (non-hydrogen) atoms. The van der Waals surface area contributed by atoms with E-state index < -0.39 is 0 Å². The van der Waals surface area contributed by atoms with Crippen molar-refractivity contribution in [2.75, 3.05) is 25.0 Å². The summed E-state index contributed by atoms with van der Waals surface area (Å²) in [6, 6.07) is 4.67. The number of anilines is 1. The van der Waals surface area contributed by atoms with Crippen molar-refractivity contribution < 1.29 is 5.11 Å². The maximum absolute atomic E-state index is 10.00. The van der Waals surface area contributed by atoms with E-state index >= 15 is 0 Å². The monoisotopic (exact) mass is 246 g/mol. The summed E-state index contributed by atoms with van der Waals surface area (Å²) in [6.07, 6.45) is 2.54. The summed E-state index contributed by atoms with van der Waals surface area (Å²) >= 11 is 0. The minimum absolute atomic E-state index is 0.434. The van der Waals surface area contributed by atoms with E-state index in [-0.39, 0.29) is 0 Å². The van der Waals surface area contributed by atoms with Gasteiger partial charge < -0.3 is 15.3 Å². The van der Waals surface area contributed by atoms with Crippen LogP contribution in [-0.2, 0) is 0 Å². The highest BCUT2D eigenvalue weighted by Gasteiger charge is 2.34. The van der Waals surface area contributed by atoms with E-state index in [1.165, 1.54) is 32.5 Å². The van der Waals surface area contributed by atoms with Crippen LogP contribution >= 0.6 is 0 Å². The lowest BCUT2D eigenvalue weighted by molar-refractivity contribution is 0.255. The average Bonchev–Trinajstić information content (AvgIpc) is 2.76. The third kappa shape index (κ3) is 1.97. The lowest BCUT2D eigenvalue weighted by atomic mass is 9.93. The number of benzene rings is 1. The number of nitrogens with one attached hydrogen (secondary N) is 1. The van der Waals surface area contributed by atoms with Crippen molar-refractivity contribution in [2.24, 2.45) is 5.92 Å². The molecule has 1 aromatic rings. The number of nitrogens with zero attached hydrogens (tertiary/aromatic N) is 1. The molecule has 2 fully saturated rings. The molecule has 0 spiro atoms. The van der Waals surface area contributed by atoms with Crippen LogP contribution < -0.4 is 5.32 Å². The second-order valence-electron chi connectivity index (χ2n) is 5.79. The second-order valence-corrected chi connectivity index (χ2v) is 5.79. The Bertz CT molecular complexity index is 458. The Kier molecular flexibility index (Phi) is 2.94. The van der Waals surface area contributed by atoms with Gasteiger partial charge in [-0.2, -0.15) is 0 Å². The molecule has 2 N–H and O–H groups in total. The molecule has 0 amide bonds. The number of phenols is 1. The standard InChI is InChI=1S/C15H22N2O/c1-10-3-4-13(11(2)15(10)18)16-14-6-8-17-7-5-12(14)9-17/h3-4,12,14,16,18H,5-9H2,1-2H3. The fraction of sp³-hybridized carbons (Fsp3) is 0.600. The number of aryl methyl sites for hydroxylation is 1. The highest BCUT2D eigenvalue weighted by Crippen LogP contribution is 2.33. The van der Waals surface area contributed by atoms with Crippen LogP contribution in [0.5, 0.6) is 5.75 Å². The minimum atomic E-state index is 0.434. The molecule has 3 heteroatoms. The van der Waals surface area contributed by atoms with Crippen LogP contribution in [-0.4, -0.2) is 35.7 Å². The minimum Gasteiger partial charge on any atom is -0.507 e. The van der Waals surface area contributed by atoms with E-state index in [2.05, 4.69) is 16.3 Å². The number of fused-ring (bicyclic) bond motifs is 2. The fourth-order valence-corrected chi connectivity index (χ4v) is 3.33. The van der Waals surface area contributed by atoms with E-state index in [4.69, 9.17) is 0 Å². The molecular weight excluding hydrogens is 224 g/mol. The van der Waals surface area contributed by atoms with E-state index in [1.54, 1.807) is 0 Å². The predicted octanol–water partition coefficient (Wildman–Crippen LogP) is 2.52. The number of phenolic OH excluding ortho intramolecular Hbond substituents is 1. The fourth-order valence-electron chi connectivity index (χ4n) is 3.33. The van der Waals surface area contributed by atoms with Crippen LogP contribution in [0, 0.1) is 19.8 Å². The summed E-state index contributed by atoms with van der Waals surface area (Å²) in [5.41, 5.74) is 3.03. The first-order valence-corrected chi connectivity index (χ1v) is 6.93. The van der Waals surface area contributed by atoms with Crippen LogP contribution in [0.15, 0.2) is 12.1 Å². The number of rotatable bonds is 2. The van der Waals surface area contributed by atoms with Gasteiger partial charge >= 0.3 is 0 Å². The van der Waals surface area contributed by atoms with Crippen molar-refractivity contribution in [1.82, 2.24) is 4.90 Å². The van der Waals surface area contributed by atoms with Crippen molar-refractivity contribution in [3.8, 4) is 5.75 Å².